The minimum absolute atomic E-state index is 0.304. The molecular formula is C9H16O. The number of fused-ring (bicyclic) bond motifs is 1. The number of hydrogen-bond acceptors (Lipinski definition) is 1. The first kappa shape index (κ1) is 6.66. The minimum Gasteiger partial charge on any atom is -0.390 e. The van der Waals surface area contributed by atoms with Crippen LogP contribution in [0.1, 0.15) is 39.0 Å². The Bertz CT molecular complexity index is 140. The third kappa shape index (κ3) is 0.800. The highest BCUT2D eigenvalue weighted by atomic mass is 16.3. The molecule has 2 aliphatic carbocycles. The second-order valence-electron chi connectivity index (χ2n) is 4.19. The summed E-state index contributed by atoms with van der Waals surface area (Å²) in [6, 6.07) is 0. The van der Waals surface area contributed by atoms with E-state index in [0.717, 1.165) is 12.3 Å². The van der Waals surface area contributed by atoms with Crippen molar-refractivity contribution in [1.29, 1.82) is 0 Å². The molecule has 0 aliphatic heterocycles. The van der Waals surface area contributed by atoms with Crippen LogP contribution in [0, 0.1) is 11.8 Å². The van der Waals surface area contributed by atoms with Crippen LogP contribution < -0.4 is 0 Å². The van der Waals surface area contributed by atoms with Gasteiger partial charge in [0.2, 0.25) is 0 Å². The first-order valence-electron chi connectivity index (χ1n) is 4.42. The van der Waals surface area contributed by atoms with Crippen molar-refractivity contribution in [3.8, 4) is 0 Å². The van der Waals surface area contributed by atoms with Gasteiger partial charge in [0.15, 0.2) is 0 Å². The average Bonchev–Trinajstić information content (AvgIpc) is 2.36. The van der Waals surface area contributed by atoms with Crippen molar-refractivity contribution >= 4 is 0 Å². The Morgan fingerprint density at radius 2 is 2.10 bits per heavy atom. The molecule has 2 saturated carbocycles. The molecule has 0 aromatic carbocycles. The average molecular weight is 140 g/mol. The van der Waals surface area contributed by atoms with E-state index in [1.165, 1.54) is 25.7 Å². The van der Waals surface area contributed by atoms with E-state index in [-0.39, 0.29) is 5.60 Å². The van der Waals surface area contributed by atoms with Gasteiger partial charge in [0.05, 0.1) is 5.60 Å². The van der Waals surface area contributed by atoms with E-state index in [0.29, 0.717) is 5.92 Å². The zero-order chi connectivity index (χ0) is 7.19. The van der Waals surface area contributed by atoms with Gasteiger partial charge in [-0.05, 0) is 38.0 Å². The van der Waals surface area contributed by atoms with E-state index in [9.17, 15) is 5.11 Å². The molecule has 2 aliphatic rings. The van der Waals surface area contributed by atoms with E-state index in [4.69, 9.17) is 0 Å². The van der Waals surface area contributed by atoms with E-state index < -0.39 is 0 Å². The Balaban J connectivity index is 2.16. The van der Waals surface area contributed by atoms with Crippen LogP contribution in [0.25, 0.3) is 0 Å². The molecule has 1 N–H and O–H groups in total. The highest BCUT2D eigenvalue weighted by Gasteiger charge is 2.45. The predicted molar refractivity (Wildman–Crippen MR) is 40.7 cm³/mol. The summed E-state index contributed by atoms with van der Waals surface area (Å²) in [5.41, 5.74) is -0.304. The van der Waals surface area contributed by atoms with Crippen molar-refractivity contribution in [3.63, 3.8) is 0 Å². The Morgan fingerprint density at radius 1 is 1.30 bits per heavy atom. The van der Waals surface area contributed by atoms with Gasteiger partial charge in [0.1, 0.15) is 0 Å². The molecule has 58 valence electrons. The van der Waals surface area contributed by atoms with Crippen molar-refractivity contribution < 1.29 is 5.11 Å². The van der Waals surface area contributed by atoms with Crippen LogP contribution in [0.5, 0.6) is 0 Å². The smallest absolute Gasteiger partial charge is 0.0650 e. The molecule has 0 aromatic rings. The fourth-order valence-electron chi connectivity index (χ4n) is 2.86. The van der Waals surface area contributed by atoms with Crippen LogP contribution in [0.2, 0.25) is 0 Å². The molecule has 0 aromatic heterocycles. The first-order chi connectivity index (χ1) is 4.70. The monoisotopic (exact) mass is 140 g/mol. The lowest BCUT2D eigenvalue weighted by Gasteiger charge is -2.24. The Morgan fingerprint density at radius 3 is 2.80 bits per heavy atom. The summed E-state index contributed by atoms with van der Waals surface area (Å²) in [6.07, 6.45) is 6.32. The molecule has 10 heavy (non-hydrogen) atoms. The van der Waals surface area contributed by atoms with Gasteiger partial charge >= 0.3 is 0 Å². The Hall–Kier alpha value is -0.0400. The van der Waals surface area contributed by atoms with Gasteiger partial charge < -0.3 is 5.11 Å². The third-order valence-corrected chi connectivity index (χ3v) is 3.48. The topological polar surface area (TPSA) is 20.2 Å². The zero-order valence-corrected chi connectivity index (χ0v) is 6.64. The van der Waals surface area contributed by atoms with Gasteiger partial charge in [0, 0.05) is 0 Å². The molecule has 0 saturated heterocycles. The molecule has 1 nitrogen and oxygen atoms in total. The fraction of sp³-hybridized carbons (Fsp3) is 1.00. The Labute approximate surface area is 62.4 Å². The van der Waals surface area contributed by atoms with Crippen LogP contribution in [0.3, 0.4) is 0 Å². The minimum atomic E-state index is -0.304. The lowest BCUT2D eigenvalue weighted by Crippen LogP contribution is -2.29. The highest BCUT2D eigenvalue weighted by Crippen LogP contribution is 2.49. The maximum Gasteiger partial charge on any atom is 0.0650 e. The maximum absolute atomic E-state index is 9.86. The van der Waals surface area contributed by atoms with Crippen molar-refractivity contribution in [2.45, 2.75) is 44.6 Å². The number of rotatable bonds is 0. The molecule has 0 spiro atoms. The summed E-state index contributed by atoms with van der Waals surface area (Å²) < 4.78 is 0. The zero-order valence-electron chi connectivity index (χ0n) is 6.64. The van der Waals surface area contributed by atoms with Crippen LogP contribution >= 0.6 is 0 Å². The lowest BCUT2D eigenvalue weighted by molar-refractivity contribution is 0.0166. The summed E-state index contributed by atoms with van der Waals surface area (Å²) in [7, 11) is 0. The van der Waals surface area contributed by atoms with E-state index >= 15 is 0 Å². The van der Waals surface area contributed by atoms with Gasteiger partial charge in [-0.2, -0.15) is 0 Å². The summed E-state index contributed by atoms with van der Waals surface area (Å²) in [5.74, 6) is 1.52. The van der Waals surface area contributed by atoms with E-state index in [2.05, 4.69) is 0 Å². The second-order valence-corrected chi connectivity index (χ2v) is 4.19. The molecule has 0 radical (unpaired) electrons. The van der Waals surface area contributed by atoms with Crippen molar-refractivity contribution in [2.75, 3.05) is 0 Å². The maximum atomic E-state index is 9.86. The standard InChI is InChI=1S/C9H16O/c1-9(10)6-5-7-3-2-4-8(7)9/h7-8,10H,2-6H2,1H3/t7-,8-,9+/m0/s1. The van der Waals surface area contributed by atoms with Gasteiger partial charge in [-0.1, -0.05) is 12.8 Å². The van der Waals surface area contributed by atoms with Crippen LogP contribution in [0.15, 0.2) is 0 Å². The summed E-state index contributed by atoms with van der Waals surface area (Å²) in [4.78, 5) is 0. The van der Waals surface area contributed by atoms with Crippen molar-refractivity contribution in [2.24, 2.45) is 11.8 Å². The highest BCUT2D eigenvalue weighted by molar-refractivity contribution is 4.96. The molecule has 2 fully saturated rings. The molecule has 0 heterocycles. The molecular weight excluding hydrogens is 124 g/mol. The van der Waals surface area contributed by atoms with Crippen LogP contribution in [-0.4, -0.2) is 10.7 Å². The van der Waals surface area contributed by atoms with Crippen molar-refractivity contribution in [1.82, 2.24) is 0 Å². The van der Waals surface area contributed by atoms with Gasteiger partial charge in [-0.3, -0.25) is 0 Å². The Kier molecular flexibility index (Phi) is 1.31. The second kappa shape index (κ2) is 1.97. The molecule has 0 bridgehead atoms. The summed E-state index contributed by atoms with van der Waals surface area (Å²) in [6.45, 7) is 2.02. The van der Waals surface area contributed by atoms with E-state index in [1.807, 2.05) is 6.92 Å². The normalized spacial score (nSPS) is 53.4. The number of hydrogen-bond donors (Lipinski definition) is 1. The number of aliphatic hydroxyl groups is 1. The van der Waals surface area contributed by atoms with Gasteiger partial charge in [0.25, 0.3) is 0 Å². The molecule has 3 atom stereocenters. The largest absolute Gasteiger partial charge is 0.390 e. The molecule has 0 amide bonds. The third-order valence-electron chi connectivity index (χ3n) is 3.48. The predicted octanol–water partition coefficient (Wildman–Crippen LogP) is 1.95. The quantitative estimate of drug-likeness (QED) is 0.545. The summed E-state index contributed by atoms with van der Waals surface area (Å²) in [5, 5.41) is 9.86. The SMILES string of the molecule is C[C@@]1(O)CC[C@@H]2CCC[C@@H]21. The first-order valence-corrected chi connectivity index (χ1v) is 4.42. The van der Waals surface area contributed by atoms with Gasteiger partial charge in [-0.25, -0.2) is 0 Å². The fourth-order valence-corrected chi connectivity index (χ4v) is 2.86. The van der Waals surface area contributed by atoms with Crippen molar-refractivity contribution in [3.05, 3.63) is 0 Å². The molecule has 0 unspecified atom stereocenters. The molecule has 1 heteroatoms. The van der Waals surface area contributed by atoms with Crippen LogP contribution in [-0.2, 0) is 0 Å². The van der Waals surface area contributed by atoms with E-state index in [1.54, 1.807) is 0 Å². The van der Waals surface area contributed by atoms with Crippen LogP contribution in [0.4, 0.5) is 0 Å². The lowest BCUT2D eigenvalue weighted by atomic mass is 9.90. The summed E-state index contributed by atoms with van der Waals surface area (Å²) >= 11 is 0. The molecule has 2 rings (SSSR count). The van der Waals surface area contributed by atoms with Gasteiger partial charge in [-0.15, -0.1) is 0 Å².